The zero-order chi connectivity index (χ0) is 16.7. The predicted octanol–water partition coefficient (Wildman–Crippen LogP) is 1.28. The third kappa shape index (κ3) is 5.59. The summed E-state index contributed by atoms with van der Waals surface area (Å²) in [5.74, 6) is -0.0969. The minimum Gasteiger partial charge on any atom is -0.383 e. The maximum Gasteiger partial charge on any atom is 0.234 e. The van der Waals surface area contributed by atoms with Crippen LogP contribution in [0.4, 0.5) is 0 Å². The molecule has 0 fully saturated rings. The van der Waals surface area contributed by atoms with Gasteiger partial charge in [0.15, 0.2) is 0 Å². The summed E-state index contributed by atoms with van der Waals surface area (Å²) in [6, 6.07) is 9.72. The summed E-state index contributed by atoms with van der Waals surface area (Å²) in [4.78, 5) is 12.0. The molecule has 0 unspecified atom stereocenters. The lowest BCUT2D eigenvalue weighted by molar-refractivity contribution is -0.122. The van der Waals surface area contributed by atoms with E-state index in [2.05, 4.69) is 20.9 Å². The van der Waals surface area contributed by atoms with E-state index in [1.165, 1.54) is 0 Å². The fourth-order valence-corrected chi connectivity index (χ4v) is 2.09. The standard InChI is InChI=1S/C16H23N5O2.ClH/c1-16(2,18-15(22)11-17-9-10-23-3)14-12-21(20-19-14)13-7-5-4-6-8-13;/h4-8,12,17H,9-11H2,1-3H3,(H,18,22);1H. The van der Waals surface area contributed by atoms with Crippen LogP contribution in [0.3, 0.4) is 0 Å². The molecule has 1 heterocycles. The lowest BCUT2D eigenvalue weighted by atomic mass is 10.0. The van der Waals surface area contributed by atoms with Crippen molar-refractivity contribution in [3.63, 3.8) is 0 Å². The van der Waals surface area contributed by atoms with Crippen LogP contribution in [0.5, 0.6) is 0 Å². The van der Waals surface area contributed by atoms with Gasteiger partial charge in [0.1, 0.15) is 5.69 Å². The normalized spacial score (nSPS) is 11.0. The number of hydrogen-bond acceptors (Lipinski definition) is 5. The largest absolute Gasteiger partial charge is 0.383 e. The first-order valence-corrected chi connectivity index (χ1v) is 7.52. The Bertz CT molecular complexity index is 630. The second kappa shape index (κ2) is 9.36. The summed E-state index contributed by atoms with van der Waals surface area (Å²) in [7, 11) is 1.63. The minimum atomic E-state index is -0.604. The first kappa shape index (κ1) is 20.1. The van der Waals surface area contributed by atoms with Crippen molar-refractivity contribution in [2.45, 2.75) is 19.4 Å². The molecule has 0 saturated carbocycles. The quantitative estimate of drug-likeness (QED) is 0.699. The Balaban J connectivity index is 0.00000288. The van der Waals surface area contributed by atoms with Gasteiger partial charge >= 0.3 is 0 Å². The molecule has 8 heteroatoms. The summed E-state index contributed by atoms with van der Waals surface area (Å²) in [5, 5.41) is 14.3. The Kier molecular flexibility index (Phi) is 7.84. The molecular formula is C16H24ClN5O2. The highest BCUT2D eigenvalue weighted by atomic mass is 35.5. The van der Waals surface area contributed by atoms with E-state index >= 15 is 0 Å². The number of halogens is 1. The van der Waals surface area contributed by atoms with E-state index in [1.54, 1.807) is 11.8 Å². The van der Waals surface area contributed by atoms with Crippen molar-refractivity contribution >= 4 is 18.3 Å². The summed E-state index contributed by atoms with van der Waals surface area (Å²) in [6.07, 6.45) is 1.83. The molecule has 1 aromatic carbocycles. The third-order valence-corrected chi connectivity index (χ3v) is 3.37. The van der Waals surface area contributed by atoms with E-state index in [0.717, 1.165) is 5.69 Å². The van der Waals surface area contributed by atoms with Crippen molar-refractivity contribution in [1.29, 1.82) is 0 Å². The van der Waals surface area contributed by atoms with Crippen LogP contribution in [0.1, 0.15) is 19.5 Å². The predicted molar refractivity (Wildman–Crippen MR) is 94.5 cm³/mol. The first-order chi connectivity index (χ1) is 11.0. The Morgan fingerprint density at radius 2 is 2.00 bits per heavy atom. The molecule has 0 saturated heterocycles. The zero-order valence-corrected chi connectivity index (χ0v) is 15.0. The monoisotopic (exact) mass is 353 g/mol. The Morgan fingerprint density at radius 1 is 1.29 bits per heavy atom. The number of amides is 1. The highest BCUT2D eigenvalue weighted by molar-refractivity contribution is 5.85. The lowest BCUT2D eigenvalue weighted by Crippen LogP contribution is -2.45. The maximum atomic E-state index is 12.0. The molecule has 2 rings (SSSR count). The Labute approximate surface area is 148 Å². The zero-order valence-electron chi connectivity index (χ0n) is 14.2. The van der Waals surface area contributed by atoms with Crippen molar-refractivity contribution in [1.82, 2.24) is 25.6 Å². The molecule has 7 nitrogen and oxygen atoms in total. The van der Waals surface area contributed by atoms with Gasteiger partial charge in [0, 0.05) is 13.7 Å². The van der Waals surface area contributed by atoms with Gasteiger partial charge in [-0.15, -0.1) is 17.5 Å². The average molecular weight is 354 g/mol. The van der Waals surface area contributed by atoms with E-state index in [4.69, 9.17) is 4.74 Å². The highest BCUT2D eigenvalue weighted by Crippen LogP contribution is 2.18. The van der Waals surface area contributed by atoms with Crippen LogP contribution in [0.25, 0.3) is 5.69 Å². The van der Waals surface area contributed by atoms with E-state index in [9.17, 15) is 4.79 Å². The number of hydrogen-bond donors (Lipinski definition) is 2. The van der Waals surface area contributed by atoms with Crippen molar-refractivity contribution in [2.24, 2.45) is 0 Å². The molecule has 132 valence electrons. The number of nitrogens with zero attached hydrogens (tertiary/aromatic N) is 3. The van der Waals surface area contributed by atoms with Crippen LogP contribution in [0, 0.1) is 0 Å². The summed E-state index contributed by atoms with van der Waals surface area (Å²) >= 11 is 0. The van der Waals surface area contributed by atoms with Gasteiger partial charge < -0.3 is 15.4 Å². The molecule has 0 atom stereocenters. The smallest absolute Gasteiger partial charge is 0.234 e. The highest BCUT2D eigenvalue weighted by Gasteiger charge is 2.26. The van der Waals surface area contributed by atoms with Gasteiger partial charge in [0.25, 0.3) is 0 Å². The second-order valence-corrected chi connectivity index (χ2v) is 5.73. The fraction of sp³-hybridized carbons (Fsp3) is 0.438. The van der Waals surface area contributed by atoms with Crippen LogP contribution < -0.4 is 10.6 Å². The van der Waals surface area contributed by atoms with Gasteiger partial charge in [-0.1, -0.05) is 23.4 Å². The SMILES string of the molecule is COCCNCC(=O)NC(C)(C)c1cn(-c2ccccc2)nn1.Cl. The minimum absolute atomic E-state index is 0. The molecule has 0 aliphatic carbocycles. The number of carbonyl (C=O) groups excluding carboxylic acids is 1. The lowest BCUT2D eigenvalue weighted by Gasteiger charge is -2.23. The molecule has 0 bridgehead atoms. The summed E-state index contributed by atoms with van der Waals surface area (Å²) in [6.45, 7) is 5.25. The second-order valence-electron chi connectivity index (χ2n) is 5.73. The van der Waals surface area contributed by atoms with Gasteiger partial charge in [0.2, 0.25) is 5.91 Å². The van der Waals surface area contributed by atoms with Gasteiger partial charge in [-0.2, -0.15) is 0 Å². The molecule has 2 aromatic rings. The number of aromatic nitrogens is 3. The molecule has 0 aliphatic rings. The van der Waals surface area contributed by atoms with Crippen molar-refractivity contribution < 1.29 is 9.53 Å². The summed E-state index contributed by atoms with van der Waals surface area (Å²) in [5.41, 5.74) is 1.02. The number of ether oxygens (including phenoxy) is 1. The van der Waals surface area contributed by atoms with E-state index in [-0.39, 0.29) is 24.9 Å². The topological polar surface area (TPSA) is 81.1 Å². The van der Waals surface area contributed by atoms with Gasteiger partial charge in [-0.05, 0) is 26.0 Å². The molecule has 1 amide bonds. The van der Waals surface area contributed by atoms with Crippen LogP contribution >= 0.6 is 12.4 Å². The fourth-order valence-electron chi connectivity index (χ4n) is 2.09. The number of para-hydroxylation sites is 1. The van der Waals surface area contributed by atoms with E-state index in [0.29, 0.717) is 18.8 Å². The molecule has 1 aromatic heterocycles. The third-order valence-electron chi connectivity index (χ3n) is 3.37. The number of methoxy groups -OCH3 is 1. The van der Waals surface area contributed by atoms with Crippen LogP contribution in [-0.4, -0.2) is 47.7 Å². The van der Waals surface area contributed by atoms with Crippen LogP contribution in [0.2, 0.25) is 0 Å². The average Bonchev–Trinajstić information content (AvgIpc) is 3.03. The Morgan fingerprint density at radius 3 is 2.67 bits per heavy atom. The van der Waals surface area contributed by atoms with Crippen LogP contribution in [-0.2, 0) is 15.1 Å². The van der Waals surface area contributed by atoms with Crippen molar-refractivity contribution in [2.75, 3.05) is 26.8 Å². The molecule has 24 heavy (non-hydrogen) atoms. The van der Waals surface area contributed by atoms with E-state index < -0.39 is 5.54 Å². The number of rotatable bonds is 8. The Hall–Kier alpha value is -1.96. The molecule has 0 aliphatic heterocycles. The molecule has 0 spiro atoms. The van der Waals surface area contributed by atoms with Gasteiger partial charge in [-0.3, -0.25) is 4.79 Å². The van der Waals surface area contributed by atoms with Crippen molar-refractivity contribution in [3.8, 4) is 5.69 Å². The van der Waals surface area contributed by atoms with E-state index in [1.807, 2.05) is 50.4 Å². The molecular weight excluding hydrogens is 330 g/mol. The number of nitrogens with one attached hydrogen (secondary N) is 2. The molecule has 2 N–H and O–H groups in total. The summed E-state index contributed by atoms with van der Waals surface area (Å²) < 4.78 is 6.62. The van der Waals surface area contributed by atoms with Crippen LogP contribution in [0.15, 0.2) is 36.5 Å². The molecule has 0 radical (unpaired) electrons. The number of benzene rings is 1. The van der Waals surface area contributed by atoms with Crippen molar-refractivity contribution in [3.05, 3.63) is 42.2 Å². The first-order valence-electron chi connectivity index (χ1n) is 7.52. The van der Waals surface area contributed by atoms with Gasteiger partial charge in [-0.25, -0.2) is 4.68 Å². The number of carbonyl (C=O) groups is 1. The maximum absolute atomic E-state index is 12.0. The van der Waals surface area contributed by atoms with Gasteiger partial charge in [0.05, 0.1) is 30.6 Å².